The quantitative estimate of drug-likeness (QED) is 0.0623. The van der Waals surface area contributed by atoms with Crippen molar-refractivity contribution in [3.05, 3.63) is 143 Å². The van der Waals surface area contributed by atoms with Crippen LogP contribution in [0.2, 0.25) is 0 Å². The molecule has 1 N–H and O–H groups in total. The number of anilines is 1. The van der Waals surface area contributed by atoms with Gasteiger partial charge in [0.25, 0.3) is 5.78 Å². The molecule has 0 bridgehead atoms. The van der Waals surface area contributed by atoms with Crippen molar-refractivity contribution in [2.75, 3.05) is 4.90 Å². The maximum absolute atomic E-state index is 14.1. The van der Waals surface area contributed by atoms with E-state index in [-0.39, 0.29) is 22.3 Å². The summed E-state index contributed by atoms with van der Waals surface area (Å²) in [6, 6.07) is 30.9. The molecule has 1 aliphatic heterocycles. The number of ether oxygens (including phenoxy) is 1. The Balaban J connectivity index is 1.33. The van der Waals surface area contributed by atoms with E-state index in [2.05, 4.69) is 10.2 Å². The molecule has 43 heavy (non-hydrogen) atoms. The van der Waals surface area contributed by atoms with Crippen LogP contribution in [0.1, 0.15) is 28.3 Å². The Bertz CT molecular complexity index is 1790. The molecule has 0 saturated carbocycles. The van der Waals surface area contributed by atoms with Gasteiger partial charge in [-0.2, -0.15) is 0 Å². The SMILES string of the molecule is O=C1C(=O)N(c2nnc(SCc3ccccc3F)s2)C(c2ccc(OCc3ccccc3)cc2)/C1=C(/O)c1ccccc1. The molecule has 0 radical (unpaired) electrons. The predicted molar refractivity (Wildman–Crippen MR) is 164 cm³/mol. The number of benzene rings is 4. The molecule has 1 saturated heterocycles. The number of aromatic nitrogens is 2. The van der Waals surface area contributed by atoms with Crippen molar-refractivity contribution in [2.45, 2.75) is 22.7 Å². The molecule has 1 aromatic heterocycles. The van der Waals surface area contributed by atoms with Crippen LogP contribution in [0, 0.1) is 5.82 Å². The van der Waals surface area contributed by atoms with Crippen LogP contribution in [-0.4, -0.2) is 27.0 Å². The highest BCUT2D eigenvalue weighted by Gasteiger charge is 2.48. The van der Waals surface area contributed by atoms with Gasteiger partial charge in [-0.05, 0) is 34.9 Å². The fourth-order valence-electron chi connectivity index (χ4n) is 4.70. The van der Waals surface area contributed by atoms with Gasteiger partial charge in [-0.25, -0.2) is 4.39 Å². The fourth-order valence-corrected chi connectivity index (χ4v) is 6.55. The van der Waals surface area contributed by atoms with Crippen LogP contribution in [0.25, 0.3) is 5.76 Å². The minimum absolute atomic E-state index is 0.0510. The largest absolute Gasteiger partial charge is 0.507 e. The van der Waals surface area contributed by atoms with Crippen molar-refractivity contribution in [3.8, 4) is 5.75 Å². The number of hydrogen-bond donors (Lipinski definition) is 1. The van der Waals surface area contributed by atoms with E-state index in [0.29, 0.717) is 39.1 Å². The van der Waals surface area contributed by atoms with Gasteiger partial charge in [0.2, 0.25) is 5.13 Å². The summed E-state index contributed by atoms with van der Waals surface area (Å²) in [7, 11) is 0. The van der Waals surface area contributed by atoms with Gasteiger partial charge in [0.15, 0.2) is 4.34 Å². The third kappa shape index (κ3) is 6.06. The number of hydrogen-bond acceptors (Lipinski definition) is 8. The van der Waals surface area contributed by atoms with Crippen LogP contribution in [0.15, 0.2) is 119 Å². The number of aliphatic hydroxyl groups is 1. The Morgan fingerprint density at radius 3 is 2.28 bits per heavy atom. The third-order valence-corrected chi connectivity index (χ3v) is 8.95. The molecular weight excluding hydrogens is 586 g/mol. The summed E-state index contributed by atoms with van der Waals surface area (Å²) in [5.41, 5.74) is 2.47. The van der Waals surface area contributed by atoms with E-state index in [9.17, 15) is 19.1 Å². The Morgan fingerprint density at radius 2 is 1.56 bits per heavy atom. The predicted octanol–water partition coefficient (Wildman–Crippen LogP) is 7.17. The highest BCUT2D eigenvalue weighted by molar-refractivity contribution is 8.00. The number of thioether (sulfide) groups is 1. The number of aliphatic hydroxyl groups excluding tert-OH is 1. The standard InChI is InChI=1S/C33H24FN3O4S2/c34-26-14-8-7-13-24(26)20-42-33-36-35-32(43-33)37-28(27(30(39)31(37)40)29(38)23-11-5-2-6-12-23)22-15-17-25(18-16-22)41-19-21-9-3-1-4-10-21/h1-18,28,38H,19-20H2/b29-27-. The highest BCUT2D eigenvalue weighted by atomic mass is 32.2. The van der Waals surface area contributed by atoms with Crippen LogP contribution in [0.3, 0.4) is 0 Å². The molecular formula is C33H24FN3O4S2. The van der Waals surface area contributed by atoms with E-state index in [1.807, 2.05) is 30.3 Å². The molecule has 7 nitrogen and oxygen atoms in total. The van der Waals surface area contributed by atoms with E-state index in [4.69, 9.17) is 4.74 Å². The van der Waals surface area contributed by atoms with Crippen molar-refractivity contribution in [1.29, 1.82) is 0 Å². The average molecular weight is 610 g/mol. The number of carbonyl (C=O) groups excluding carboxylic acids is 2. The first-order valence-corrected chi connectivity index (χ1v) is 15.1. The van der Waals surface area contributed by atoms with E-state index in [0.717, 1.165) is 16.9 Å². The Kier molecular flexibility index (Phi) is 8.30. The topological polar surface area (TPSA) is 92.6 Å². The van der Waals surface area contributed by atoms with Gasteiger partial charge in [-0.3, -0.25) is 14.5 Å². The van der Waals surface area contributed by atoms with E-state index >= 15 is 0 Å². The van der Waals surface area contributed by atoms with E-state index in [1.165, 1.54) is 22.7 Å². The Morgan fingerprint density at radius 1 is 0.884 bits per heavy atom. The zero-order valence-corrected chi connectivity index (χ0v) is 24.2. The molecule has 2 heterocycles. The average Bonchev–Trinajstić information content (AvgIpc) is 3.62. The van der Waals surface area contributed by atoms with Gasteiger partial charge < -0.3 is 9.84 Å². The number of rotatable bonds is 9. The molecule has 4 aromatic carbocycles. The molecule has 0 spiro atoms. The number of carbonyl (C=O) groups is 2. The van der Waals surface area contributed by atoms with Gasteiger partial charge in [0.05, 0.1) is 11.6 Å². The maximum Gasteiger partial charge on any atom is 0.301 e. The summed E-state index contributed by atoms with van der Waals surface area (Å²) in [5.74, 6) is -1.32. The third-order valence-electron chi connectivity index (χ3n) is 6.85. The van der Waals surface area contributed by atoms with Crippen molar-refractivity contribution in [3.63, 3.8) is 0 Å². The second-order valence-electron chi connectivity index (χ2n) is 9.61. The summed E-state index contributed by atoms with van der Waals surface area (Å²) in [4.78, 5) is 28.2. The maximum atomic E-state index is 14.1. The zero-order valence-electron chi connectivity index (χ0n) is 22.6. The van der Waals surface area contributed by atoms with Crippen LogP contribution < -0.4 is 9.64 Å². The molecule has 6 rings (SSSR count). The number of Topliss-reactive ketones (excluding diaryl/α,β-unsaturated/α-hetero) is 1. The van der Waals surface area contributed by atoms with Crippen molar-refractivity contribution < 1.29 is 23.8 Å². The summed E-state index contributed by atoms with van der Waals surface area (Å²) in [5, 5.41) is 19.9. The van der Waals surface area contributed by atoms with Crippen molar-refractivity contribution in [1.82, 2.24) is 10.2 Å². The summed E-state index contributed by atoms with van der Waals surface area (Å²) >= 11 is 2.40. The second kappa shape index (κ2) is 12.6. The molecule has 10 heteroatoms. The van der Waals surface area contributed by atoms with Gasteiger partial charge in [0, 0.05) is 11.3 Å². The fraction of sp³-hybridized carbons (Fsp3) is 0.0909. The normalized spacial score (nSPS) is 16.0. The number of nitrogens with zero attached hydrogens (tertiary/aromatic N) is 3. The first-order chi connectivity index (χ1) is 21.0. The molecule has 1 amide bonds. The van der Waals surface area contributed by atoms with Crippen LogP contribution in [-0.2, 0) is 21.9 Å². The van der Waals surface area contributed by atoms with Gasteiger partial charge >= 0.3 is 5.91 Å². The van der Waals surface area contributed by atoms with Crippen LogP contribution in [0.4, 0.5) is 9.52 Å². The monoisotopic (exact) mass is 609 g/mol. The molecule has 1 aliphatic rings. The highest BCUT2D eigenvalue weighted by Crippen LogP contribution is 2.44. The van der Waals surface area contributed by atoms with E-state index in [1.54, 1.807) is 72.8 Å². The molecule has 214 valence electrons. The first kappa shape index (κ1) is 28.3. The molecule has 1 atom stereocenters. The van der Waals surface area contributed by atoms with E-state index < -0.39 is 17.7 Å². The first-order valence-electron chi connectivity index (χ1n) is 13.3. The van der Waals surface area contributed by atoms with Gasteiger partial charge in [-0.15, -0.1) is 10.2 Å². The lowest BCUT2D eigenvalue weighted by Crippen LogP contribution is -2.29. The molecule has 1 fully saturated rings. The van der Waals surface area contributed by atoms with Crippen LogP contribution >= 0.6 is 23.1 Å². The molecule has 1 unspecified atom stereocenters. The van der Waals surface area contributed by atoms with Crippen molar-refractivity contribution in [2.24, 2.45) is 0 Å². The number of halogens is 1. The minimum atomic E-state index is -0.958. The molecule has 5 aromatic rings. The van der Waals surface area contributed by atoms with Crippen molar-refractivity contribution >= 4 is 45.7 Å². The lowest BCUT2D eigenvalue weighted by atomic mass is 9.95. The van der Waals surface area contributed by atoms with Crippen LogP contribution in [0.5, 0.6) is 5.75 Å². The Hall–Kier alpha value is -4.80. The second-order valence-corrected chi connectivity index (χ2v) is 11.8. The van der Waals surface area contributed by atoms with Gasteiger partial charge in [0.1, 0.15) is 23.9 Å². The van der Waals surface area contributed by atoms with Gasteiger partial charge in [-0.1, -0.05) is 114 Å². The molecule has 0 aliphatic carbocycles. The summed E-state index contributed by atoms with van der Waals surface area (Å²) < 4.78 is 20.6. The lowest BCUT2D eigenvalue weighted by Gasteiger charge is -2.22. The number of ketones is 1. The zero-order chi connectivity index (χ0) is 29.8. The summed E-state index contributed by atoms with van der Waals surface area (Å²) in [6.45, 7) is 0.380. The smallest absolute Gasteiger partial charge is 0.301 e. The summed E-state index contributed by atoms with van der Waals surface area (Å²) in [6.07, 6.45) is 0. The number of amides is 1. The minimum Gasteiger partial charge on any atom is -0.507 e. The Labute approximate surface area is 255 Å². The lowest BCUT2D eigenvalue weighted by molar-refractivity contribution is -0.132.